The lowest BCUT2D eigenvalue weighted by atomic mass is 10.3. The van der Waals surface area contributed by atoms with Gasteiger partial charge in [0, 0.05) is 6.92 Å². The Bertz CT molecular complexity index is 257. The number of allylic oxidation sites excluding steroid dienone is 2. The van der Waals surface area contributed by atoms with Crippen LogP contribution in [0, 0.1) is 10.1 Å². The molecule has 11 heavy (non-hydrogen) atoms. The Kier molecular flexibility index (Phi) is 2.62. The van der Waals surface area contributed by atoms with Gasteiger partial charge in [-0.3, -0.25) is 10.1 Å². The fraction of sp³-hybridized carbons (Fsp3) is 0.333. The molecule has 1 heterocycles. The minimum atomic E-state index is -0.342. The molecule has 1 aliphatic heterocycles. The quantitative estimate of drug-likeness (QED) is 0.361. The van der Waals surface area contributed by atoms with Crippen LogP contribution in [-0.2, 0) is 0 Å². The second kappa shape index (κ2) is 3.32. The van der Waals surface area contributed by atoms with Crippen LogP contribution in [0.15, 0.2) is 21.6 Å². The van der Waals surface area contributed by atoms with Gasteiger partial charge in [0.2, 0.25) is 0 Å². The minimum absolute atomic E-state index is 0.244. The molecule has 0 aromatic rings. The second-order valence-corrected chi connectivity index (χ2v) is 4.23. The van der Waals surface area contributed by atoms with Gasteiger partial charge < -0.3 is 0 Å². The summed E-state index contributed by atoms with van der Waals surface area (Å²) < 4.78 is 0. The van der Waals surface area contributed by atoms with Crippen molar-refractivity contribution in [1.29, 1.82) is 0 Å². The fourth-order valence-corrected chi connectivity index (χ4v) is 3.18. The minimum Gasteiger partial charge on any atom is -0.259 e. The van der Waals surface area contributed by atoms with Gasteiger partial charge in [0.25, 0.3) is 5.70 Å². The van der Waals surface area contributed by atoms with Crippen molar-refractivity contribution in [1.82, 2.24) is 0 Å². The Morgan fingerprint density at radius 2 is 2.36 bits per heavy atom. The van der Waals surface area contributed by atoms with Crippen LogP contribution < -0.4 is 0 Å². The van der Waals surface area contributed by atoms with Crippen LogP contribution in [-0.4, -0.2) is 4.92 Å². The van der Waals surface area contributed by atoms with Gasteiger partial charge in [-0.1, -0.05) is 10.8 Å². The van der Waals surface area contributed by atoms with E-state index in [1.165, 1.54) is 28.5 Å². The first-order valence-corrected chi connectivity index (χ1v) is 5.20. The van der Waals surface area contributed by atoms with Crippen LogP contribution in [0.25, 0.3) is 0 Å². The standard InChI is InChI=1S/C6H7NO2S2/c1-4-3-10-11-6(4)5(2)7(8)9/h3H,1-2H3. The summed E-state index contributed by atoms with van der Waals surface area (Å²) in [7, 11) is 2.98. The van der Waals surface area contributed by atoms with E-state index in [4.69, 9.17) is 0 Å². The number of nitro groups is 1. The third-order valence-corrected chi connectivity index (χ3v) is 3.72. The topological polar surface area (TPSA) is 43.1 Å². The lowest BCUT2D eigenvalue weighted by molar-refractivity contribution is -0.424. The van der Waals surface area contributed by atoms with Crippen molar-refractivity contribution >= 4 is 21.6 Å². The first kappa shape index (κ1) is 8.67. The molecule has 0 aliphatic carbocycles. The maximum atomic E-state index is 10.3. The molecule has 0 bridgehead atoms. The molecule has 0 spiro atoms. The summed E-state index contributed by atoms with van der Waals surface area (Å²) in [6, 6.07) is 0. The van der Waals surface area contributed by atoms with Crippen LogP contribution in [0.1, 0.15) is 13.8 Å². The normalized spacial score (nSPS) is 21.5. The lowest BCUT2D eigenvalue weighted by Crippen LogP contribution is -1.96. The van der Waals surface area contributed by atoms with Crippen molar-refractivity contribution in [3.8, 4) is 0 Å². The van der Waals surface area contributed by atoms with Crippen molar-refractivity contribution in [3.63, 3.8) is 0 Å². The predicted octanol–water partition coefficient (Wildman–Crippen LogP) is 2.79. The Balaban J connectivity index is 2.97. The van der Waals surface area contributed by atoms with Gasteiger partial charge in [0.1, 0.15) is 0 Å². The monoisotopic (exact) mass is 189 g/mol. The van der Waals surface area contributed by atoms with Gasteiger partial charge in [-0.05, 0) is 28.7 Å². The van der Waals surface area contributed by atoms with Gasteiger partial charge in [0.05, 0.1) is 9.83 Å². The SMILES string of the molecule is CC1=CSSC1=C(C)[N+](=O)[O-]. The molecule has 0 aromatic carbocycles. The van der Waals surface area contributed by atoms with Crippen LogP contribution in [0.2, 0.25) is 0 Å². The first-order chi connectivity index (χ1) is 5.13. The van der Waals surface area contributed by atoms with E-state index in [1.807, 2.05) is 12.3 Å². The third kappa shape index (κ3) is 1.78. The summed E-state index contributed by atoms with van der Waals surface area (Å²) in [5, 5.41) is 12.3. The van der Waals surface area contributed by atoms with Crippen molar-refractivity contribution in [2.45, 2.75) is 13.8 Å². The van der Waals surface area contributed by atoms with E-state index in [1.54, 1.807) is 0 Å². The summed E-state index contributed by atoms with van der Waals surface area (Å²) >= 11 is 0. The van der Waals surface area contributed by atoms with Crippen molar-refractivity contribution in [2.75, 3.05) is 0 Å². The molecule has 1 rings (SSSR count). The highest BCUT2D eigenvalue weighted by atomic mass is 33.1. The Morgan fingerprint density at radius 1 is 1.73 bits per heavy atom. The van der Waals surface area contributed by atoms with Crippen molar-refractivity contribution in [3.05, 3.63) is 31.7 Å². The molecule has 0 saturated heterocycles. The lowest BCUT2D eigenvalue weighted by Gasteiger charge is -1.96. The molecule has 3 nitrogen and oxygen atoms in total. The van der Waals surface area contributed by atoms with Gasteiger partial charge in [0.15, 0.2) is 0 Å². The Hall–Kier alpha value is -0.420. The fourth-order valence-electron chi connectivity index (χ4n) is 0.692. The predicted molar refractivity (Wildman–Crippen MR) is 48.6 cm³/mol. The molecule has 0 atom stereocenters. The zero-order chi connectivity index (χ0) is 8.43. The molecule has 0 fully saturated rings. The molecule has 0 N–H and O–H groups in total. The summed E-state index contributed by atoms with van der Waals surface area (Å²) in [6.45, 7) is 3.42. The zero-order valence-corrected chi connectivity index (χ0v) is 7.79. The molecule has 0 amide bonds. The highest BCUT2D eigenvalue weighted by Crippen LogP contribution is 2.45. The van der Waals surface area contributed by atoms with E-state index in [0.717, 1.165) is 10.5 Å². The summed E-state index contributed by atoms with van der Waals surface area (Å²) in [6.07, 6.45) is 0. The molecular weight excluding hydrogens is 182 g/mol. The van der Waals surface area contributed by atoms with Gasteiger partial charge in [-0.2, -0.15) is 0 Å². The van der Waals surface area contributed by atoms with Crippen LogP contribution in [0.5, 0.6) is 0 Å². The van der Waals surface area contributed by atoms with E-state index in [0.29, 0.717) is 0 Å². The molecular formula is C6H7NO2S2. The molecule has 0 unspecified atom stereocenters. The Morgan fingerprint density at radius 3 is 2.73 bits per heavy atom. The zero-order valence-electron chi connectivity index (χ0n) is 6.16. The largest absolute Gasteiger partial charge is 0.259 e. The number of hydrogen-bond acceptors (Lipinski definition) is 4. The maximum absolute atomic E-state index is 10.3. The van der Waals surface area contributed by atoms with E-state index >= 15 is 0 Å². The maximum Gasteiger partial charge on any atom is 0.257 e. The van der Waals surface area contributed by atoms with Gasteiger partial charge in [-0.25, -0.2) is 0 Å². The average molecular weight is 189 g/mol. The molecule has 5 heteroatoms. The van der Waals surface area contributed by atoms with Crippen LogP contribution >= 0.6 is 21.6 Å². The summed E-state index contributed by atoms with van der Waals surface area (Å²) in [5.41, 5.74) is 1.24. The van der Waals surface area contributed by atoms with Crippen molar-refractivity contribution in [2.24, 2.45) is 0 Å². The number of hydrogen-bond donors (Lipinski definition) is 0. The first-order valence-electron chi connectivity index (χ1n) is 2.98. The number of nitrogens with zero attached hydrogens (tertiary/aromatic N) is 1. The van der Waals surface area contributed by atoms with E-state index in [9.17, 15) is 10.1 Å². The Labute approximate surface area is 72.5 Å². The highest BCUT2D eigenvalue weighted by Gasteiger charge is 2.18. The molecule has 0 aromatic heterocycles. The third-order valence-electron chi connectivity index (χ3n) is 1.32. The smallest absolute Gasteiger partial charge is 0.257 e. The highest BCUT2D eigenvalue weighted by molar-refractivity contribution is 8.79. The average Bonchev–Trinajstić information content (AvgIpc) is 2.33. The van der Waals surface area contributed by atoms with Gasteiger partial charge in [-0.15, -0.1) is 0 Å². The van der Waals surface area contributed by atoms with E-state index < -0.39 is 0 Å². The molecule has 0 saturated carbocycles. The van der Waals surface area contributed by atoms with Gasteiger partial charge >= 0.3 is 0 Å². The molecule has 60 valence electrons. The second-order valence-electron chi connectivity index (χ2n) is 2.15. The molecule has 1 aliphatic rings. The van der Waals surface area contributed by atoms with Crippen LogP contribution in [0.3, 0.4) is 0 Å². The van der Waals surface area contributed by atoms with Crippen LogP contribution in [0.4, 0.5) is 0 Å². The number of rotatable bonds is 1. The molecule has 0 radical (unpaired) electrons. The van der Waals surface area contributed by atoms with E-state index in [-0.39, 0.29) is 10.6 Å². The summed E-state index contributed by atoms with van der Waals surface area (Å²) in [5.74, 6) is 0. The van der Waals surface area contributed by atoms with E-state index in [2.05, 4.69) is 0 Å². The van der Waals surface area contributed by atoms with Crippen molar-refractivity contribution < 1.29 is 4.92 Å². The summed E-state index contributed by atoms with van der Waals surface area (Å²) in [4.78, 5) is 10.8.